The number of halogens is 3. The third-order valence-electron chi connectivity index (χ3n) is 5.49. The molecular formula is C27H28ClF2N2NaO4. The Hall–Kier alpha value is -2.23. The van der Waals surface area contributed by atoms with Gasteiger partial charge in [0.2, 0.25) is 0 Å². The smallest absolute Gasteiger partial charge is 0.490 e. The van der Waals surface area contributed by atoms with E-state index in [9.17, 15) is 9.18 Å². The summed E-state index contributed by atoms with van der Waals surface area (Å²) >= 11 is 6.27. The minimum Gasteiger partial charge on any atom is -0.490 e. The number of aliphatic hydroxyl groups excluding tert-OH is 1. The maximum absolute atomic E-state index is 15.4. The van der Waals surface area contributed by atoms with Gasteiger partial charge in [-0.1, -0.05) is 54.4 Å². The monoisotopic (exact) mass is 540 g/mol. The number of nitrogens with one attached hydrogen (secondary N) is 1. The first-order valence-electron chi connectivity index (χ1n) is 11.5. The van der Waals surface area contributed by atoms with Gasteiger partial charge in [0.05, 0.1) is 17.2 Å². The van der Waals surface area contributed by atoms with Crippen LogP contribution in [0.1, 0.15) is 35.2 Å². The number of pyridine rings is 1. The summed E-state index contributed by atoms with van der Waals surface area (Å²) in [5.41, 5.74) is 0.205. The van der Waals surface area contributed by atoms with E-state index in [1.807, 2.05) is 36.4 Å². The standard InChI is InChI=1S/C21H22ClF2N2O4.C6H6.Na/c1-3-4-5-11-8-12-15(30-11)9-14(23)18(22)16(12)17-13(20(28)25-2)10-26-21(19(17)24)29-7-6-27;1-2-4-6-5-3-1;/h9-11,27H,1,3-8H2,2H3,(H,25,28);1-6H;/q-1;;+1. The zero-order chi connectivity index (χ0) is 26.1. The van der Waals surface area contributed by atoms with Crippen molar-refractivity contribution in [3.05, 3.63) is 83.4 Å². The molecule has 0 saturated carbocycles. The van der Waals surface area contributed by atoms with Gasteiger partial charge in [0.25, 0.3) is 11.8 Å². The number of hydrogen-bond acceptors (Lipinski definition) is 5. The number of fused-ring (bicyclic) bond motifs is 1. The van der Waals surface area contributed by atoms with Gasteiger partial charge in [-0.25, -0.2) is 13.8 Å². The van der Waals surface area contributed by atoms with Crippen molar-refractivity contribution in [3.63, 3.8) is 0 Å². The largest absolute Gasteiger partial charge is 1.00 e. The Kier molecular flexibility index (Phi) is 12.8. The molecule has 2 N–H and O–H groups in total. The van der Waals surface area contributed by atoms with Crippen molar-refractivity contribution < 1.29 is 57.7 Å². The quantitative estimate of drug-likeness (QED) is 0.339. The molecule has 0 spiro atoms. The maximum atomic E-state index is 15.4. The molecule has 0 saturated heterocycles. The summed E-state index contributed by atoms with van der Waals surface area (Å²) in [5, 5.41) is 11.1. The first-order chi connectivity index (χ1) is 17.4. The fraction of sp³-hybridized carbons (Fsp3) is 0.296. The topological polar surface area (TPSA) is 80.7 Å². The molecular weight excluding hydrogens is 513 g/mol. The molecule has 3 aromatic rings. The Labute approximate surface area is 242 Å². The molecule has 37 heavy (non-hydrogen) atoms. The van der Waals surface area contributed by atoms with Crippen molar-refractivity contribution in [3.8, 4) is 22.8 Å². The van der Waals surface area contributed by atoms with Crippen molar-refractivity contribution in [2.75, 3.05) is 20.3 Å². The number of carbonyl (C=O) groups excluding carboxylic acids is 1. The van der Waals surface area contributed by atoms with Crippen LogP contribution < -0.4 is 44.3 Å². The van der Waals surface area contributed by atoms with Crippen LogP contribution in [0, 0.1) is 18.6 Å². The van der Waals surface area contributed by atoms with Gasteiger partial charge in [0, 0.05) is 42.4 Å². The van der Waals surface area contributed by atoms with Crippen LogP contribution in [0.4, 0.5) is 8.78 Å². The Morgan fingerprint density at radius 2 is 1.89 bits per heavy atom. The Bertz CT molecular complexity index is 1160. The molecule has 1 aliphatic rings. The van der Waals surface area contributed by atoms with Crippen LogP contribution in [0.5, 0.6) is 11.6 Å². The number of amides is 1. The van der Waals surface area contributed by atoms with Crippen LogP contribution in [0.15, 0.2) is 48.7 Å². The van der Waals surface area contributed by atoms with E-state index in [2.05, 4.69) is 17.2 Å². The van der Waals surface area contributed by atoms with Gasteiger partial charge in [-0.2, -0.15) is 6.42 Å². The summed E-state index contributed by atoms with van der Waals surface area (Å²) in [7, 11) is 1.38. The van der Waals surface area contributed by atoms with Gasteiger partial charge in [-0.15, -0.1) is 0 Å². The molecule has 1 aliphatic heterocycles. The second-order valence-corrected chi connectivity index (χ2v) is 8.31. The molecule has 2 heterocycles. The summed E-state index contributed by atoms with van der Waals surface area (Å²) in [5.74, 6) is -2.54. The first-order valence-corrected chi connectivity index (χ1v) is 11.9. The summed E-state index contributed by atoms with van der Waals surface area (Å²) < 4.78 is 41.0. The molecule has 0 radical (unpaired) electrons. The summed E-state index contributed by atoms with van der Waals surface area (Å²) in [4.78, 5) is 16.2. The molecule has 1 aromatic heterocycles. The molecule has 0 aliphatic carbocycles. The van der Waals surface area contributed by atoms with E-state index in [1.54, 1.807) is 0 Å². The molecule has 0 fully saturated rings. The zero-order valence-electron chi connectivity index (χ0n) is 20.9. The molecule has 192 valence electrons. The van der Waals surface area contributed by atoms with Crippen LogP contribution >= 0.6 is 11.6 Å². The van der Waals surface area contributed by atoms with Crippen molar-refractivity contribution in [1.29, 1.82) is 0 Å². The number of rotatable bonds is 8. The summed E-state index contributed by atoms with van der Waals surface area (Å²) in [6, 6.07) is 13.2. The number of carbonyl (C=O) groups is 1. The van der Waals surface area contributed by atoms with Gasteiger partial charge >= 0.3 is 29.6 Å². The number of nitrogens with zero attached hydrogens (tertiary/aromatic N) is 1. The first kappa shape index (κ1) is 31.0. The van der Waals surface area contributed by atoms with E-state index in [1.165, 1.54) is 13.1 Å². The predicted octanol–water partition coefficient (Wildman–Crippen LogP) is 2.41. The Morgan fingerprint density at radius 1 is 1.24 bits per heavy atom. The van der Waals surface area contributed by atoms with Crippen molar-refractivity contribution >= 4 is 17.5 Å². The molecule has 6 nitrogen and oxygen atoms in total. The fourth-order valence-electron chi connectivity index (χ4n) is 3.84. The Morgan fingerprint density at radius 3 is 2.46 bits per heavy atom. The van der Waals surface area contributed by atoms with Crippen LogP contribution in [0.25, 0.3) is 11.1 Å². The number of unbranched alkanes of at least 4 members (excludes halogenated alkanes) is 1. The molecule has 0 bridgehead atoms. The van der Waals surface area contributed by atoms with E-state index in [0.29, 0.717) is 18.4 Å². The molecule has 10 heteroatoms. The Balaban J connectivity index is 0.000000604. The third kappa shape index (κ3) is 7.65. The van der Waals surface area contributed by atoms with E-state index in [4.69, 9.17) is 26.2 Å². The number of aliphatic hydroxyl groups is 1. The number of aromatic nitrogens is 1. The SMILES string of the molecule is [CH2-]CCCC1Cc2c(cc(F)c(Cl)c2-c2c(C(=O)NC)cnc(OCCO)c2F)O1.[Na+].c1ccccc1. The van der Waals surface area contributed by atoms with Crippen molar-refractivity contribution in [2.45, 2.75) is 31.8 Å². The van der Waals surface area contributed by atoms with Crippen LogP contribution in [-0.4, -0.2) is 42.4 Å². The average Bonchev–Trinajstić information content (AvgIpc) is 3.30. The second kappa shape index (κ2) is 15.2. The number of benzene rings is 2. The van der Waals surface area contributed by atoms with Gasteiger partial charge in [-0.3, -0.25) is 4.79 Å². The predicted molar refractivity (Wildman–Crippen MR) is 134 cm³/mol. The van der Waals surface area contributed by atoms with Crippen LogP contribution in [0.3, 0.4) is 0 Å². The third-order valence-corrected chi connectivity index (χ3v) is 5.86. The maximum Gasteiger partial charge on any atom is 1.00 e. The minimum atomic E-state index is -0.972. The number of ether oxygens (including phenoxy) is 2. The van der Waals surface area contributed by atoms with Crippen LogP contribution in [-0.2, 0) is 6.42 Å². The fourth-order valence-corrected chi connectivity index (χ4v) is 4.10. The summed E-state index contributed by atoms with van der Waals surface area (Å²) in [6.07, 6.45) is 3.53. The van der Waals surface area contributed by atoms with Crippen molar-refractivity contribution in [1.82, 2.24) is 10.3 Å². The molecule has 1 atom stereocenters. The van der Waals surface area contributed by atoms with E-state index >= 15 is 4.39 Å². The van der Waals surface area contributed by atoms with E-state index in [-0.39, 0.29) is 76.3 Å². The van der Waals surface area contributed by atoms with Crippen LogP contribution in [0.2, 0.25) is 5.02 Å². The molecule has 4 rings (SSSR count). The van der Waals surface area contributed by atoms with E-state index in [0.717, 1.165) is 19.0 Å². The zero-order valence-corrected chi connectivity index (χ0v) is 23.7. The van der Waals surface area contributed by atoms with Crippen molar-refractivity contribution in [2.24, 2.45) is 0 Å². The minimum absolute atomic E-state index is 0. The summed E-state index contributed by atoms with van der Waals surface area (Å²) in [6.45, 7) is 3.25. The van der Waals surface area contributed by atoms with Gasteiger partial charge in [0.15, 0.2) is 5.82 Å². The van der Waals surface area contributed by atoms with Gasteiger partial charge < -0.3 is 26.8 Å². The van der Waals surface area contributed by atoms with Gasteiger partial charge in [-0.05, 0) is 6.42 Å². The average molecular weight is 541 g/mol. The number of hydrogen-bond donors (Lipinski definition) is 2. The molecule has 1 amide bonds. The second-order valence-electron chi connectivity index (χ2n) is 7.94. The van der Waals surface area contributed by atoms with E-state index < -0.39 is 23.4 Å². The van der Waals surface area contributed by atoms with Gasteiger partial charge in [0.1, 0.15) is 24.3 Å². The molecule has 1 unspecified atom stereocenters. The normalized spacial score (nSPS) is 13.4. The molecule has 2 aromatic carbocycles.